The molecule has 0 aliphatic carbocycles. The summed E-state index contributed by atoms with van der Waals surface area (Å²) in [5.74, 6) is -0.903. The number of rotatable bonds is 7. The molecule has 0 fully saturated rings. The number of carbonyl (C=O) groups is 2. The molecule has 0 heterocycles. The highest BCUT2D eigenvalue weighted by atomic mass is 19.1. The minimum Gasteiger partial charge on any atom is -0.388 e. The van der Waals surface area contributed by atoms with E-state index in [1.54, 1.807) is 31.2 Å². The Balaban J connectivity index is 1.83. The minimum absolute atomic E-state index is 0.0703. The van der Waals surface area contributed by atoms with Gasteiger partial charge in [0.15, 0.2) is 5.78 Å². The third-order valence-electron chi connectivity index (χ3n) is 3.63. The standard InChI is InChI=1S/C19H20FNO3/c1-13(11-17(22)15-7-9-16(20)10-8-15)21-19(24)12-18(23)14-5-3-2-4-6-14/h2-10,13,18,23H,11-12H2,1H3,(H,21,24). The van der Waals surface area contributed by atoms with E-state index in [0.29, 0.717) is 11.1 Å². The van der Waals surface area contributed by atoms with Crippen LogP contribution in [0.15, 0.2) is 54.6 Å². The number of amides is 1. The van der Waals surface area contributed by atoms with Crippen molar-refractivity contribution in [1.82, 2.24) is 5.32 Å². The number of nitrogens with one attached hydrogen (secondary N) is 1. The van der Waals surface area contributed by atoms with Crippen molar-refractivity contribution in [2.75, 3.05) is 0 Å². The lowest BCUT2D eigenvalue weighted by atomic mass is 10.0. The molecule has 0 aliphatic heterocycles. The lowest BCUT2D eigenvalue weighted by Gasteiger charge is -2.15. The van der Waals surface area contributed by atoms with Gasteiger partial charge in [0.25, 0.3) is 0 Å². The molecule has 0 aromatic heterocycles. The molecule has 24 heavy (non-hydrogen) atoms. The predicted octanol–water partition coefficient (Wildman–Crippen LogP) is 3.03. The molecule has 0 radical (unpaired) electrons. The number of halogens is 1. The van der Waals surface area contributed by atoms with Gasteiger partial charge in [0.1, 0.15) is 5.82 Å². The summed E-state index contributed by atoms with van der Waals surface area (Å²) in [6, 6.07) is 13.8. The third-order valence-corrected chi connectivity index (χ3v) is 3.63. The Morgan fingerprint density at radius 3 is 2.29 bits per heavy atom. The summed E-state index contributed by atoms with van der Waals surface area (Å²) in [5, 5.41) is 12.7. The molecular weight excluding hydrogens is 309 g/mol. The molecule has 2 aromatic rings. The van der Waals surface area contributed by atoms with E-state index in [2.05, 4.69) is 5.32 Å². The number of Topliss-reactive ketones (excluding diaryl/α,β-unsaturated/α-hetero) is 1. The Hall–Kier alpha value is -2.53. The predicted molar refractivity (Wildman–Crippen MR) is 89.0 cm³/mol. The van der Waals surface area contributed by atoms with E-state index in [-0.39, 0.29) is 30.6 Å². The zero-order chi connectivity index (χ0) is 17.5. The molecule has 5 heteroatoms. The van der Waals surface area contributed by atoms with Crippen molar-refractivity contribution < 1.29 is 19.1 Å². The monoisotopic (exact) mass is 329 g/mol. The molecule has 0 saturated heterocycles. The van der Waals surface area contributed by atoms with Crippen molar-refractivity contribution in [2.24, 2.45) is 0 Å². The Bertz CT molecular complexity index is 686. The highest BCUT2D eigenvalue weighted by molar-refractivity contribution is 5.96. The fourth-order valence-corrected chi connectivity index (χ4v) is 2.39. The molecule has 2 N–H and O–H groups in total. The van der Waals surface area contributed by atoms with E-state index in [4.69, 9.17) is 0 Å². The molecule has 126 valence electrons. The first kappa shape index (κ1) is 17.8. The largest absolute Gasteiger partial charge is 0.388 e. The van der Waals surface area contributed by atoms with Gasteiger partial charge in [0, 0.05) is 18.0 Å². The van der Waals surface area contributed by atoms with Crippen molar-refractivity contribution in [3.05, 3.63) is 71.5 Å². The van der Waals surface area contributed by atoms with E-state index in [0.717, 1.165) is 0 Å². The van der Waals surface area contributed by atoms with Crippen molar-refractivity contribution in [1.29, 1.82) is 0 Å². The van der Waals surface area contributed by atoms with Crippen molar-refractivity contribution in [2.45, 2.75) is 31.9 Å². The van der Waals surface area contributed by atoms with Crippen LogP contribution in [0.3, 0.4) is 0 Å². The second-order valence-corrected chi connectivity index (χ2v) is 5.73. The van der Waals surface area contributed by atoms with Crippen molar-refractivity contribution >= 4 is 11.7 Å². The van der Waals surface area contributed by atoms with Gasteiger partial charge in [-0.2, -0.15) is 0 Å². The quantitative estimate of drug-likeness (QED) is 0.767. The van der Waals surface area contributed by atoms with Crippen molar-refractivity contribution in [3.63, 3.8) is 0 Å². The molecule has 0 bridgehead atoms. The van der Waals surface area contributed by atoms with Crippen molar-refractivity contribution in [3.8, 4) is 0 Å². The zero-order valence-electron chi connectivity index (χ0n) is 13.4. The summed E-state index contributed by atoms with van der Waals surface area (Å²) in [5.41, 5.74) is 1.07. The Labute approximate surface area is 140 Å². The zero-order valence-corrected chi connectivity index (χ0v) is 13.4. The van der Waals surface area contributed by atoms with Gasteiger partial charge >= 0.3 is 0 Å². The summed E-state index contributed by atoms with van der Waals surface area (Å²) >= 11 is 0. The maximum atomic E-state index is 12.9. The first-order valence-corrected chi connectivity index (χ1v) is 7.77. The van der Waals surface area contributed by atoms with Gasteiger partial charge in [0.05, 0.1) is 12.5 Å². The van der Waals surface area contributed by atoms with E-state index in [1.807, 2.05) is 6.07 Å². The topological polar surface area (TPSA) is 66.4 Å². The van der Waals surface area contributed by atoms with Crippen LogP contribution < -0.4 is 5.32 Å². The molecule has 0 aliphatic rings. The first-order chi connectivity index (χ1) is 11.5. The van der Waals surface area contributed by atoms with Gasteiger partial charge in [-0.1, -0.05) is 30.3 Å². The summed E-state index contributed by atoms with van der Waals surface area (Å²) in [6.07, 6.45) is -0.844. The van der Waals surface area contributed by atoms with Crippen LogP contribution in [0.25, 0.3) is 0 Å². The van der Waals surface area contributed by atoms with Crippen LogP contribution >= 0.6 is 0 Å². The summed E-state index contributed by atoms with van der Waals surface area (Å²) in [6.45, 7) is 1.72. The van der Waals surface area contributed by atoms with Crippen LogP contribution in [-0.4, -0.2) is 22.8 Å². The number of carbonyl (C=O) groups excluding carboxylic acids is 2. The van der Waals surface area contributed by atoms with Crippen LogP contribution in [-0.2, 0) is 4.79 Å². The highest BCUT2D eigenvalue weighted by Crippen LogP contribution is 2.16. The minimum atomic E-state index is -0.883. The Kier molecular flexibility index (Phi) is 6.21. The summed E-state index contributed by atoms with van der Waals surface area (Å²) in [7, 11) is 0. The van der Waals surface area contributed by atoms with Gasteiger partial charge in [-0.25, -0.2) is 4.39 Å². The molecule has 2 aromatic carbocycles. The second kappa shape index (κ2) is 8.36. The van der Waals surface area contributed by atoms with E-state index in [1.165, 1.54) is 24.3 Å². The summed E-state index contributed by atoms with van der Waals surface area (Å²) < 4.78 is 12.9. The van der Waals surface area contributed by atoms with Gasteiger partial charge < -0.3 is 10.4 Å². The van der Waals surface area contributed by atoms with Crippen LogP contribution in [0.1, 0.15) is 41.8 Å². The van der Waals surface area contributed by atoms with Crippen LogP contribution in [0.5, 0.6) is 0 Å². The number of ketones is 1. The molecule has 2 atom stereocenters. The normalized spacial score (nSPS) is 13.1. The van der Waals surface area contributed by atoms with Gasteiger partial charge in [-0.05, 0) is 36.8 Å². The van der Waals surface area contributed by atoms with Gasteiger partial charge in [0.2, 0.25) is 5.91 Å². The maximum Gasteiger partial charge on any atom is 0.223 e. The van der Waals surface area contributed by atoms with Gasteiger partial charge in [-0.15, -0.1) is 0 Å². The van der Waals surface area contributed by atoms with E-state index in [9.17, 15) is 19.1 Å². The smallest absolute Gasteiger partial charge is 0.223 e. The highest BCUT2D eigenvalue weighted by Gasteiger charge is 2.17. The number of benzene rings is 2. The number of hydrogen-bond acceptors (Lipinski definition) is 3. The molecule has 2 unspecified atom stereocenters. The molecule has 4 nitrogen and oxygen atoms in total. The van der Waals surface area contributed by atoms with E-state index < -0.39 is 11.9 Å². The number of hydrogen-bond donors (Lipinski definition) is 2. The second-order valence-electron chi connectivity index (χ2n) is 5.73. The maximum absolute atomic E-state index is 12.9. The molecule has 0 spiro atoms. The first-order valence-electron chi connectivity index (χ1n) is 7.77. The lowest BCUT2D eigenvalue weighted by molar-refractivity contribution is -0.123. The van der Waals surface area contributed by atoms with Gasteiger partial charge in [-0.3, -0.25) is 9.59 Å². The lowest BCUT2D eigenvalue weighted by Crippen LogP contribution is -2.35. The fraction of sp³-hybridized carbons (Fsp3) is 0.263. The molecule has 2 rings (SSSR count). The average molecular weight is 329 g/mol. The van der Waals surface area contributed by atoms with Crippen LogP contribution in [0.4, 0.5) is 4.39 Å². The molecular formula is C19H20FNO3. The molecule has 0 saturated carbocycles. The fourth-order valence-electron chi connectivity index (χ4n) is 2.39. The van der Waals surface area contributed by atoms with Crippen LogP contribution in [0.2, 0.25) is 0 Å². The Morgan fingerprint density at radius 2 is 1.67 bits per heavy atom. The van der Waals surface area contributed by atoms with Crippen LogP contribution in [0, 0.1) is 5.82 Å². The SMILES string of the molecule is CC(CC(=O)c1ccc(F)cc1)NC(=O)CC(O)c1ccccc1. The number of aliphatic hydroxyl groups excluding tert-OH is 1. The molecule has 1 amide bonds. The third kappa shape index (κ3) is 5.28. The Morgan fingerprint density at radius 1 is 1.04 bits per heavy atom. The summed E-state index contributed by atoms with van der Waals surface area (Å²) in [4.78, 5) is 24.0. The average Bonchev–Trinajstić information content (AvgIpc) is 2.55. The van der Waals surface area contributed by atoms with E-state index >= 15 is 0 Å². The number of aliphatic hydroxyl groups is 1.